The van der Waals surface area contributed by atoms with E-state index in [-0.39, 0.29) is 58.0 Å². The zero-order valence-corrected chi connectivity index (χ0v) is 42.3. The monoisotopic (exact) mass is 1040 g/mol. The normalized spacial score (nSPS) is 21.5. The predicted octanol–water partition coefficient (Wildman–Crippen LogP) is 7.89. The molecule has 4 aromatic carbocycles. The molecular weight excluding hydrogens is 984 g/mol. The van der Waals surface area contributed by atoms with E-state index in [1.165, 1.54) is 4.90 Å². The third kappa shape index (κ3) is 9.79. The van der Waals surface area contributed by atoms with Crippen LogP contribution >= 0.6 is 22.9 Å². The van der Waals surface area contributed by atoms with Crippen LogP contribution in [0.4, 0.5) is 17.4 Å². The van der Waals surface area contributed by atoms with Gasteiger partial charge in [-0.25, -0.2) is 13.2 Å². The number of amides is 3. The molecule has 4 saturated heterocycles. The number of aliphatic carboxylic acids is 1. The van der Waals surface area contributed by atoms with Gasteiger partial charge in [-0.15, -0.1) is 11.3 Å². The number of aryl methyl sites for hydroxylation is 1. The maximum atomic E-state index is 14.3. The summed E-state index contributed by atoms with van der Waals surface area (Å²) in [5.74, 6) is -1.86. The number of carbonyl (C=O) groups excluding carboxylic acids is 4. The van der Waals surface area contributed by atoms with Crippen molar-refractivity contribution in [3.63, 3.8) is 0 Å². The first-order valence-corrected chi connectivity index (χ1v) is 26.6. The maximum absolute atomic E-state index is 14.3. The van der Waals surface area contributed by atoms with E-state index in [0.29, 0.717) is 72.0 Å². The topological polar surface area (TPSA) is 229 Å². The first kappa shape index (κ1) is 50.6. The molecule has 5 aliphatic rings. The fourth-order valence-corrected chi connectivity index (χ4v) is 14.5. The van der Waals surface area contributed by atoms with E-state index in [4.69, 9.17) is 36.0 Å². The van der Waals surface area contributed by atoms with Crippen LogP contribution in [-0.2, 0) is 35.0 Å². The van der Waals surface area contributed by atoms with Gasteiger partial charge in [-0.3, -0.25) is 24.5 Å². The fraction of sp³-hybridized carbons (Fsp3) is 0.385. The number of nitrogens with zero attached hydrogens (tertiary/aromatic N) is 4. The lowest BCUT2D eigenvalue weighted by molar-refractivity contribution is -0.139. The quantitative estimate of drug-likeness (QED) is 0.0567. The molecule has 3 amide bonds. The number of ether oxygens (including phenoxy) is 1. The lowest BCUT2D eigenvalue weighted by atomic mass is 9.70. The molecule has 2 aromatic heterocycles. The Labute approximate surface area is 425 Å². The average molecular weight is 1040 g/mol. The van der Waals surface area contributed by atoms with Crippen molar-refractivity contribution in [1.29, 1.82) is 0 Å². The summed E-state index contributed by atoms with van der Waals surface area (Å²) >= 11 is 7.73. The number of aliphatic hydroxyl groups is 1. The number of piperidine rings is 4. The van der Waals surface area contributed by atoms with Gasteiger partial charge in [0, 0.05) is 55.8 Å². The van der Waals surface area contributed by atoms with Crippen LogP contribution in [0.3, 0.4) is 0 Å². The summed E-state index contributed by atoms with van der Waals surface area (Å²) in [7, 11) is -2.74. The molecule has 5 fully saturated rings. The molecule has 1 saturated carbocycles. The van der Waals surface area contributed by atoms with Gasteiger partial charge < -0.3 is 34.5 Å². The second-order valence-corrected chi connectivity index (χ2v) is 22.4. The lowest BCUT2D eigenvalue weighted by Gasteiger charge is -2.55. The van der Waals surface area contributed by atoms with Crippen molar-refractivity contribution in [2.75, 3.05) is 48.5 Å². The van der Waals surface area contributed by atoms with Crippen LogP contribution in [0.5, 0.6) is 5.75 Å². The molecule has 0 radical (unpaired) electrons. The van der Waals surface area contributed by atoms with Crippen LogP contribution in [0.2, 0.25) is 5.02 Å². The number of sulfonamides is 1. The summed E-state index contributed by atoms with van der Waals surface area (Å²) in [4.78, 5) is 69.3. The minimum Gasteiger partial charge on any atom is -0.479 e. The number of halogens is 1. The van der Waals surface area contributed by atoms with E-state index in [2.05, 4.69) is 27.7 Å². The van der Waals surface area contributed by atoms with Crippen molar-refractivity contribution in [3.05, 3.63) is 99.4 Å². The maximum Gasteiger partial charge on any atom is 0.341 e. The largest absolute Gasteiger partial charge is 0.479 e. The zero-order chi connectivity index (χ0) is 51.1. The number of fused-ring (bicyclic) bond motifs is 5. The number of aldehydes is 1. The minimum atomic E-state index is -3.74. The summed E-state index contributed by atoms with van der Waals surface area (Å²) in [5, 5.41) is 24.2. The summed E-state index contributed by atoms with van der Waals surface area (Å²) < 4.78 is 41.9. The van der Waals surface area contributed by atoms with Gasteiger partial charge in [0.15, 0.2) is 24.2 Å². The van der Waals surface area contributed by atoms with E-state index in [1.54, 1.807) is 22.5 Å². The number of carboxylic acids is 1. The van der Waals surface area contributed by atoms with Crippen molar-refractivity contribution >= 4 is 103 Å². The van der Waals surface area contributed by atoms with Gasteiger partial charge >= 0.3 is 5.97 Å². The summed E-state index contributed by atoms with van der Waals surface area (Å²) in [5.41, 5.74) is 5.50. The standard InChI is InChI=1S/C51H51ClN6O10S2.CH4O/c1-29-5-3-8-36-35(10-11-39(45(29)36)57(28-60)40-12-14-43(61)55-49(40)64)31-16-19-56(20-17-31)50-54-37-21-30(9-13-41(37)68-50)27-70(65,66)58-24-33-15-18-51(58,2)23-38(33)53-34-7-4-6-32(22-34)48-46(52)47(42(25-59)69-48)67-26-44(62)63;1-2/h3-11,13,21-22,25,28,31,33,38,40,53H,12,14-20,23-24,26-27H2,1-2H3,(H,62,63)(H,55,61,64);2H,1H3. The molecule has 4 N–H and O–H groups in total. The van der Waals surface area contributed by atoms with Crippen molar-refractivity contribution in [1.82, 2.24) is 14.6 Å². The number of thiophene rings is 1. The molecule has 4 unspecified atom stereocenters. The van der Waals surface area contributed by atoms with E-state index >= 15 is 0 Å². The Morgan fingerprint density at radius 3 is 2.56 bits per heavy atom. The zero-order valence-electron chi connectivity index (χ0n) is 39.9. The fourth-order valence-electron chi connectivity index (χ4n) is 11.1. The average Bonchev–Trinajstić information content (AvgIpc) is 3.94. The molecule has 4 aliphatic heterocycles. The van der Waals surface area contributed by atoms with Crippen molar-refractivity contribution in [3.8, 4) is 16.2 Å². The number of carboxylic acid groups (broad SMARTS) is 1. The number of hydrogen-bond acceptors (Lipinski definition) is 14. The third-order valence-corrected chi connectivity index (χ3v) is 18.2. The third-order valence-electron chi connectivity index (χ3n) is 14.6. The van der Waals surface area contributed by atoms with E-state index in [0.717, 1.165) is 77.3 Å². The molecule has 72 heavy (non-hydrogen) atoms. The molecule has 6 aromatic rings. The highest BCUT2D eigenvalue weighted by atomic mass is 35.5. The number of anilines is 3. The Kier molecular flexibility index (Phi) is 14.5. The van der Waals surface area contributed by atoms with Gasteiger partial charge in [-0.1, -0.05) is 54.1 Å². The molecule has 6 heterocycles. The van der Waals surface area contributed by atoms with Gasteiger partial charge in [-0.2, -0.15) is 9.29 Å². The number of hydrogen-bond donors (Lipinski definition) is 4. The molecule has 17 nitrogen and oxygen atoms in total. The number of aliphatic hydroxyl groups excluding tert-OH is 1. The highest BCUT2D eigenvalue weighted by Crippen LogP contribution is 2.48. The van der Waals surface area contributed by atoms with Crippen LogP contribution in [-0.4, -0.2) is 109 Å². The molecule has 2 bridgehead atoms. The van der Waals surface area contributed by atoms with Crippen LogP contribution in [0.15, 0.2) is 77.2 Å². The van der Waals surface area contributed by atoms with Gasteiger partial charge in [0.25, 0.3) is 6.01 Å². The van der Waals surface area contributed by atoms with Crippen molar-refractivity contribution in [2.45, 2.75) is 88.1 Å². The molecule has 4 atom stereocenters. The number of benzene rings is 4. The van der Waals surface area contributed by atoms with Crippen LogP contribution in [0.1, 0.15) is 84.1 Å². The highest BCUT2D eigenvalue weighted by Gasteiger charge is 2.52. The Bertz CT molecular complexity index is 3210. The highest BCUT2D eigenvalue weighted by molar-refractivity contribution is 7.88. The Morgan fingerprint density at radius 1 is 1.06 bits per heavy atom. The summed E-state index contributed by atoms with van der Waals surface area (Å²) in [6, 6.07) is 22.7. The summed E-state index contributed by atoms with van der Waals surface area (Å²) in [6.07, 6.45) is 5.54. The van der Waals surface area contributed by atoms with Crippen molar-refractivity contribution in [2.24, 2.45) is 5.92 Å². The number of carbonyl (C=O) groups is 5. The number of nitrogens with one attached hydrogen (secondary N) is 2. The predicted molar refractivity (Wildman–Crippen MR) is 276 cm³/mol. The van der Waals surface area contributed by atoms with E-state index in [1.807, 2.05) is 56.3 Å². The van der Waals surface area contributed by atoms with Crippen LogP contribution < -0.4 is 25.2 Å². The smallest absolute Gasteiger partial charge is 0.341 e. The molecule has 1 aliphatic carbocycles. The molecule has 0 spiro atoms. The van der Waals surface area contributed by atoms with Crippen molar-refractivity contribution < 1.29 is 51.8 Å². The number of oxazole rings is 1. The van der Waals surface area contributed by atoms with Crippen LogP contribution in [0, 0.1) is 12.8 Å². The number of rotatable bonds is 15. The van der Waals surface area contributed by atoms with E-state index in [9.17, 15) is 32.4 Å². The number of aromatic nitrogens is 1. The Hall–Kier alpha value is -6.38. The van der Waals surface area contributed by atoms with Gasteiger partial charge in [-0.05, 0) is 122 Å². The molecule has 11 rings (SSSR count). The van der Waals surface area contributed by atoms with Gasteiger partial charge in [0.1, 0.15) is 21.5 Å². The molecular formula is C52H55ClN6O11S2. The van der Waals surface area contributed by atoms with Crippen LogP contribution in [0.25, 0.3) is 32.3 Å². The SMILES string of the molecule is CO.Cc1cccc2c(C3CCN(c4nc5cc(CS(=O)(=O)N6CC7CCC6(C)CC7Nc6cccc(-c7sc(C=O)c(OCC(=O)O)c7Cl)c6)ccc5o4)CC3)ccc(N(C=O)C3CCC(=O)NC3=O)c12. The first-order valence-electron chi connectivity index (χ1n) is 23.8. The minimum absolute atomic E-state index is 0.00422. The summed E-state index contributed by atoms with van der Waals surface area (Å²) in [6.45, 7) is 5.13. The number of imide groups is 1. The Balaban J connectivity index is 0.00000316. The second-order valence-electron chi connectivity index (χ2n) is 19.1. The first-order chi connectivity index (χ1) is 34.6. The second kappa shape index (κ2) is 20.6. The van der Waals surface area contributed by atoms with Gasteiger partial charge in [0.2, 0.25) is 28.2 Å². The molecule has 20 heteroatoms. The molecule has 378 valence electrons. The van der Waals surface area contributed by atoms with Gasteiger partial charge in [0.05, 0.1) is 16.3 Å². The Morgan fingerprint density at radius 2 is 1.83 bits per heavy atom. The van der Waals surface area contributed by atoms with E-state index < -0.39 is 40.1 Å². The lowest BCUT2D eigenvalue weighted by Crippen LogP contribution is -2.64.